The highest BCUT2D eigenvalue weighted by molar-refractivity contribution is 7.92. The Labute approximate surface area is 160 Å². The lowest BCUT2D eigenvalue weighted by atomic mass is 10.2. The Hall–Kier alpha value is -2.78. The van der Waals surface area contributed by atoms with E-state index in [0.29, 0.717) is 5.75 Å². The van der Waals surface area contributed by atoms with Crippen LogP contribution in [0.15, 0.2) is 41.3 Å². The van der Waals surface area contributed by atoms with Crippen LogP contribution in [-0.2, 0) is 19.6 Å². The lowest BCUT2D eigenvalue weighted by Gasteiger charge is -2.23. The highest BCUT2D eigenvalue weighted by Gasteiger charge is 2.26. The SMILES string of the molecule is COC(=O)c1ccc(Cl)c(NS(=O)(=O)c2ccc3c(c2)NC(=O)C(C)O3)c1. The second-order valence-electron chi connectivity index (χ2n) is 5.70. The third-order valence-corrected chi connectivity index (χ3v) is 5.52. The van der Waals surface area contributed by atoms with Gasteiger partial charge >= 0.3 is 5.97 Å². The van der Waals surface area contributed by atoms with E-state index < -0.39 is 22.1 Å². The van der Waals surface area contributed by atoms with Gasteiger partial charge in [0.1, 0.15) is 5.75 Å². The van der Waals surface area contributed by atoms with Gasteiger partial charge in [0.25, 0.3) is 15.9 Å². The normalized spacial score (nSPS) is 16.0. The van der Waals surface area contributed by atoms with Gasteiger partial charge in [-0.25, -0.2) is 13.2 Å². The average molecular weight is 411 g/mol. The van der Waals surface area contributed by atoms with Crippen molar-refractivity contribution in [2.45, 2.75) is 17.9 Å². The monoisotopic (exact) mass is 410 g/mol. The molecule has 0 saturated heterocycles. The smallest absolute Gasteiger partial charge is 0.337 e. The maximum atomic E-state index is 12.7. The molecule has 0 aliphatic carbocycles. The molecule has 0 aromatic heterocycles. The van der Waals surface area contributed by atoms with Gasteiger partial charge in [-0.05, 0) is 43.3 Å². The number of carbonyl (C=O) groups is 2. The Morgan fingerprint density at radius 1 is 1.26 bits per heavy atom. The highest BCUT2D eigenvalue weighted by Crippen LogP contribution is 2.33. The van der Waals surface area contributed by atoms with Gasteiger partial charge in [-0.2, -0.15) is 0 Å². The van der Waals surface area contributed by atoms with Crippen molar-refractivity contribution in [1.29, 1.82) is 0 Å². The number of rotatable bonds is 4. The van der Waals surface area contributed by atoms with Crippen LogP contribution < -0.4 is 14.8 Å². The fourth-order valence-corrected chi connectivity index (χ4v) is 3.72. The molecule has 0 saturated carbocycles. The van der Waals surface area contributed by atoms with Crippen molar-refractivity contribution in [1.82, 2.24) is 0 Å². The van der Waals surface area contributed by atoms with Crippen LogP contribution in [0, 0.1) is 0 Å². The standard InChI is InChI=1S/C17H15ClN2O6S/c1-9-16(21)19-14-8-11(4-6-15(14)26-9)27(23,24)20-13-7-10(17(22)25-2)3-5-12(13)18/h3-9,20H,1-2H3,(H,19,21). The minimum atomic E-state index is -4.04. The van der Waals surface area contributed by atoms with E-state index in [9.17, 15) is 18.0 Å². The number of amides is 1. The molecular weight excluding hydrogens is 396 g/mol. The van der Waals surface area contributed by atoms with Gasteiger partial charge < -0.3 is 14.8 Å². The quantitative estimate of drug-likeness (QED) is 0.749. The Morgan fingerprint density at radius 2 is 2.00 bits per heavy atom. The number of anilines is 2. The van der Waals surface area contributed by atoms with Crippen LogP contribution in [-0.4, -0.2) is 33.5 Å². The molecule has 0 bridgehead atoms. The van der Waals surface area contributed by atoms with Gasteiger partial charge in [0, 0.05) is 0 Å². The first kappa shape index (κ1) is 19.0. The van der Waals surface area contributed by atoms with Gasteiger partial charge in [0.2, 0.25) is 0 Å². The molecule has 142 valence electrons. The molecule has 1 aliphatic rings. The van der Waals surface area contributed by atoms with E-state index in [0.717, 1.165) is 0 Å². The zero-order valence-electron chi connectivity index (χ0n) is 14.3. The molecule has 1 heterocycles. The highest BCUT2D eigenvalue weighted by atomic mass is 35.5. The van der Waals surface area contributed by atoms with E-state index in [4.69, 9.17) is 16.3 Å². The summed E-state index contributed by atoms with van der Waals surface area (Å²) in [4.78, 5) is 23.2. The first-order valence-electron chi connectivity index (χ1n) is 7.73. The van der Waals surface area contributed by atoms with Crippen molar-refractivity contribution in [2.24, 2.45) is 0 Å². The Kier molecular flexibility index (Phi) is 4.99. The van der Waals surface area contributed by atoms with Crippen molar-refractivity contribution in [3.63, 3.8) is 0 Å². The summed E-state index contributed by atoms with van der Waals surface area (Å²) < 4.78 is 37.7. The van der Waals surface area contributed by atoms with Crippen molar-refractivity contribution < 1.29 is 27.5 Å². The number of ether oxygens (including phenoxy) is 2. The average Bonchev–Trinajstić information content (AvgIpc) is 2.63. The van der Waals surface area contributed by atoms with Crippen LogP contribution in [0.5, 0.6) is 5.75 Å². The Balaban J connectivity index is 1.93. The first-order valence-corrected chi connectivity index (χ1v) is 9.59. The zero-order chi connectivity index (χ0) is 19.8. The predicted molar refractivity (Wildman–Crippen MR) is 98.8 cm³/mol. The fraction of sp³-hybridized carbons (Fsp3) is 0.176. The Bertz CT molecular complexity index is 1040. The van der Waals surface area contributed by atoms with E-state index in [1.165, 1.54) is 43.5 Å². The minimum Gasteiger partial charge on any atom is -0.479 e. The van der Waals surface area contributed by atoms with Crippen LogP contribution in [0.2, 0.25) is 5.02 Å². The lowest BCUT2D eigenvalue weighted by molar-refractivity contribution is -0.122. The molecule has 2 aromatic carbocycles. The summed E-state index contributed by atoms with van der Waals surface area (Å²) in [6, 6.07) is 8.14. The summed E-state index contributed by atoms with van der Waals surface area (Å²) in [6.07, 6.45) is -0.669. The molecule has 0 spiro atoms. The second kappa shape index (κ2) is 7.09. The first-order chi connectivity index (χ1) is 12.7. The van der Waals surface area contributed by atoms with E-state index in [1.807, 2.05) is 0 Å². The summed E-state index contributed by atoms with van der Waals surface area (Å²) in [5.74, 6) is -0.638. The number of halogens is 1. The fourth-order valence-electron chi connectivity index (χ4n) is 2.41. The number of carbonyl (C=O) groups excluding carboxylic acids is 2. The van der Waals surface area contributed by atoms with E-state index in [-0.39, 0.29) is 32.8 Å². The molecular formula is C17H15ClN2O6S. The van der Waals surface area contributed by atoms with Gasteiger partial charge in [-0.3, -0.25) is 9.52 Å². The van der Waals surface area contributed by atoms with Crippen molar-refractivity contribution in [3.8, 4) is 5.75 Å². The zero-order valence-corrected chi connectivity index (χ0v) is 15.8. The van der Waals surface area contributed by atoms with Gasteiger partial charge in [0.15, 0.2) is 6.10 Å². The maximum absolute atomic E-state index is 12.7. The van der Waals surface area contributed by atoms with Crippen LogP contribution >= 0.6 is 11.6 Å². The summed E-state index contributed by atoms with van der Waals surface area (Å²) >= 11 is 6.03. The number of esters is 1. The number of hydrogen-bond acceptors (Lipinski definition) is 6. The van der Waals surface area contributed by atoms with E-state index >= 15 is 0 Å². The van der Waals surface area contributed by atoms with E-state index in [2.05, 4.69) is 14.8 Å². The van der Waals surface area contributed by atoms with Gasteiger partial charge in [0.05, 0.1) is 34.0 Å². The van der Waals surface area contributed by atoms with Crippen molar-refractivity contribution >= 4 is 44.9 Å². The molecule has 1 aliphatic heterocycles. The Morgan fingerprint density at radius 3 is 2.70 bits per heavy atom. The summed E-state index contributed by atoms with van der Waals surface area (Å²) in [6.45, 7) is 1.58. The molecule has 2 aromatic rings. The van der Waals surface area contributed by atoms with Crippen molar-refractivity contribution in [3.05, 3.63) is 47.0 Å². The van der Waals surface area contributed by atoms with Crippen LogP contribution in [0.3, 0.4) is 0 Å². The molecule has 8 nitrogen and oxygen atoms in total. The largest absolute Gasteiger partial charge is 0.479 e. The molecule has 3 rings (SSSR count). The predicted octanol–water partition coefficient (Wildman–Crippen LogP) is 2.65. The van der Waals surface area contributed by atoms with Crippen molar-refractivity contribution in [2.75, 3.05) is 17.1 Å². The second-order valence-corrected chi connectivity index (χ2v) is 7.79. The van der Waals surface area contributed by atoms with Gasteiger partial charge in [-0.15, -0.1) is 0 Å². The molecule has 1 unspecified atom stereocenters. The number of fused-ring (bicyclic) bond motifs is 1. The number of nitrogens with one attached hydrogen (secondary N) is 2. The minimum absolute atomic E-state index is 0.0196. The topological polar surface area (TPSA) is 111 Å². The molecule has 1 amide bonds. The molecule has 0 fully saturated rings. The summed E-state index contributed by atoms with van der Waals surface area (Å²) in [5, 5.41) is 2.69. The lowest BCUT2D eigenvalue weighted by Crippen LogP contribution is -2.34. The van der Waals surface area contributed by atoms with E-state index in [1.54, 1.807) is 6.92 Å². The third kappa shape index (κ3) is 3.83. The number of sulfonamides is 1. The van der Waals surface area contributed by atoms with Crippen LogP contribution in [0.25, 0.3) is 0 Å². The third-order valence-electron chi connectivity index (χ3n) is 3.82. The number of hydrogen-bond donors (Lipinski definition) is 2. The molecule has 10 heteroatoms. The van der Waals surface area contributed by atoms with Crippen LogP contribution in [0.1, 0.15) is 17.3 Å². The molecule has 2 N–H and O–H groups in total. The molecule has 27 heavy (non-hydrogen) atoms. The summed E-state index contributed by atoms with van der Waals surface area (Å²) in [7, 11) is -2.83. The number of benzene rings is 2. The van der Waals surface area contributed by atoms with Gasteiger partial charge in [-0.1, -0.05) is 11.6 Å². The summed E-state index contributed by atoms with van der Waals surface area (Å²) in [5.41, 5.74) is 0.404. The molecule has 1 atom stereocenters. The van der Waals surface area contributed by atoms with Crippen LogP contribution in [0.4, 0.5) is 11.4 Å². The molecule has 0 radical (unpaired) electrons. The number of methoxy groups -OCH3 is 1. The maximum Gasteiger partial charge on any atom is 0.337 e.